The topological polar surface area (TPSA) is 121 Å². The molecule has 2 aromatic carbocycles. The lowest BCUT2D eigenvalue weighted by atomic mass is 9.99. The summed E-state index contributed by atoms with van der Waals surface area (Å²) in [6.45, 7) is 5.16. The van der Waals surface area contributed by atoms with Crippen LogP contribution in [0.3, 0.4) is 0 Å². The smallest absolute Gasteiger partial charge is 0.407 e. The van der Waals surface area contributed by atoms with Crippen LogP contribution in [-0.4, -0.2) is 46.3 Å². The zero-order valence-corrected chi connectivity index (χ0v) is 21.7. The highest BCUT2D eigenvalue weighted by molar-refractivity contribution is 7.90. The summed E-state index contributed by atoms with van der Waals surface area (Å²) in [6.07, 6.45) is 2.24. The van der Waals surface area contributed by atoms with Crippen LogP contribution in [0.2, 0.25) is 0 Å². The molecule has 11 heteroatoms. The average Bonchev–Trinajstić information content (AvgIpc) is 3.35. The largest absolute Gasteiger partial charge is 0.490 e. The molecule has 0 fully saturated rings. The van der Waals surface area contributed by atoms with Crippen molar-refractivity contribution in [2.75, 3.05) is 20.3 Å². The molecule has 0 aliphatic heterocycles. The van der Waals surface area contributed by atoms with Crippen LogP contribution in [-0.2, 0) is 25.1 Å². The molecule has 3 aromatic rings. The number of rotatable bonds is 9. The summed E-state index contributed by atoms with van der Waals surface area (Å²) in [6, 6.07) is 9.14. The van der Waals surface area contributed by atoms with Crippen molar-refractivity contribution in [3.05, 3.63) is 71.9 Å². The molecular formula is C26H28FNO8S. The number of nitrogens with one attached hydrogen (secondary N) is 1. The van der Waals surface area contributed by atoms with Crippen molar-refractivity contribution >= 4 is 21.9 Å². The first-order valence-corrected chi connectivity index (χ1v) is 12.9. The Bertz CT molecular complexity index is 1340. The number of halogens is 1. The number of carbonyl (C=O) groups is 2. The summed E-state index contributed by atoms with van der Waals surface area (Å²) >= 11 is 0. The lowest BCUT2D eigenvalue weighted by Crippen LogP contribution is -2.34. The van der Waals surface area contributed by atoms with Gasteiger partial charge >= 0.3 is 12.1 Å². The number of furan rings is 1. The molecule has 3 rings (SSSR count). The molecule has 0 spiro atoms. The number of benzene rings is 2. The van der Waals surface area contributed by atoms with E-state index < -0.39 is 39.1 Å². The highest BCUT2D eigenvalue weighted by Crippen LogP contribution is 2.37. The van der Waals surface area contributed by atoms with Gasteiger partial charge in [-0.25, -0.2) is 22.4 Å². The van der Waals surface area contributed by atoms with Crippen LogP contribution in [0.1, 0.15) is 36.7 Å². The van der Waals surface area contributed by atoms with E-state index >= 15 is 0 Å². The Labute approximate surface area is 214 Å². The van der Waals surface area contributed by atoms with Gasteiger partial charge in [0.2, 0.25) is 0 Å². The molecule has 37 heavy (non-hydrogen) atoms. The van der Waals surface area contributed by atoms with Crippen LogP contribution in [0.4, 0.5) is 9.18 Å². The molecule has 1 N–H and O–H groups in total. The lowest BCUT2D eigenvalue weighted by molar-refractivity contribution is 0.0516. The van der Waals surface area contributed by atoms with Gasteiger partial charge in [0.15, 0.2) is 9.84 Å². The molecule has 9 nitrogen and oxygen atoms in total. The van der Waals surface area contributed by atoms with Crippen molar-refractivity contribution in [3.63, 3.8) is 0 Å². The monoisotopic (exact) mass is 533 g/mol. The fourth-order valence-corrected chi connectivity index (χ4v) is 4.78. The van der Waals surface area contributed by atoms with E-state index in [-0.39, 0.29) is 34.9 Å². The van der Waals surface area contributed by atoms with E-state index in [9.17, 15) is 22.4 Å². The first-order valence-electron chi connectivity index (χ1n) is 11.3. The Hall–Kier alpha value is -3.86. The number of ether oxygens (including phenoxy) is 3. The van der Waals surface area contributed by atoms with Crippen LogP contribution in [0, 0.1) is 5.82 Å². The summed E-state index contributed by atoms with van der Waals surface area (Å²) < 4.78 is 60.6. The fraction of sp³-hybridized carbons (Fsp3) is 0.308. The zero-order chi connectivity index (χ0) is 27.2. The molecule has 198 valence electrons. The molecule has 0 aliphatic carbocycles. The van der Waals surface area contributed by atoms with Gasteiger partial charge in [0.05, 0.1) is 36.8 Å². The van der Waals surface area contributed by atoms with Crippen molar-refractivity contribution in [2.24, 2.45) is 0 Å². The summed E-state index contributed by atoms with van der Waals surface area (Å²) in [5.74, 6) is -1.90. The highest BCUT2D eigenvalue weighted by atomic mass is 32.2. The molecule has 0 unspecified atom stereocenters. The van der Waals surface area contributed by atoms with Crippen molar-refractivity contribution in [1.29, 1.82) is 0 Å². The highest BCUT2D eigenvalue weighted by Gasteiger charge is 2.27. The molecule has 0 atom stereocenters. The number of methoxy groups -OCH3 is 1. The van der Waals surface area contributed by atoms with Gasteiger partial charge < -0.3 is 23.9 Å². The van der Waals surface area contributed by atoms with Crippen molar-refractivity contribution < 1.29 is 41.0 Å². The Kier molecular flexibility index (Phi) is 8.59. The maximum absolute atomic E-state index is 13.3. The lowest BCUT2D eigenvalue weighted by Gasteiger charge is -2.20. The second-order valence-electron chi connectivity index (χ2n) is 8.97. The summed E-state index contributed by atoms with van der Waals surface area (Å²) in [4.78, 5) is 24.7. The van der Waals surface area contributed by atoms with E-state index in [1.165, 1.54) is 25.7 Å². The molecular weight excluding hydrogens is 505 g/mol. The van der Waals surface area contributed by atoms with E-state index in [2.05, 4.69) is 5.32 Å². The number of sulfone groups is 1. The van der Waals surface area contributed by atoms with Gasteiger partial charge in [0.25, 0.3) is 0 Å². The number of alkyl carbamates (subject to hydrolysis) is 1. The third kappa shape index (κ3) is 7.32. The number of hydrogen-bond acceptors (Lipinski definition) is 8. The van der Waals surface area contributed by atoms with E-state index in [0.717, 1.165) is 24.3 Å². The maximum Gasteiger partial charge on any atom is 0.407 e. The SMILES string of the molecule is COC(=O)c1c(CS(=O)(=O)c2ccc(F)cc2)ccc(-c2ccoc2)c1OCCNC(=O)OC(C)(C)C. The van der Waals surface area contributed by atoms with Crippen LogP contribution < -0.4 is 10.1 Å². The average molecular weight is 534 g/mol. The van der Waals surface area contributed by atoms with Crippen molar-refractivity contribution in [2.45, 2.75) is 37.0 Å². The van der Waals surface area contributed by atoms with Gasteiger partial charge in [0, 0.05) is 11.1 Å². The van der Waals surface area contributed by atoms with E-state index in [4.69, 9.17) is 18.6 Å². The molecule has 0 saturated heterocycles. The van der Waals surface area contributed by atoms with Gasteiger partial charge in [-0.1, -0.05) is 12.1 Å². The number of hydrogen-bond donors (Lipinski definition) is 1. The molecule has 0 radical (unpaired) electrons. The first kappa shape index (κ1) is 27.7. The van der Waals surface area contributed by atoms with Gasteiger partial charge in [-0.3, -0.25) is 0 Å². The molecule has 1 amide bonds. The van der Waals surface area contributed by atoms with Crippen LogP contribution in [0.25, 0.3) is 11.1 Å². The van der Waals surface area contributed by atoms with Gasteiger partial charge in [-0.05, 0) is 56.7 Å². The molecule has 0 saturated carbocycles. The maximum atomic E-state index is 13.3. The summed E-state index contributed by atoms with van der Waals surface area (Å²) in [5.41, 5.74) is 0.382. The number of esters is 1. The van der Waals surface area contributed by atoms with Crippen LogP contribution in [0.15, 0.2) is 64.3 Å². The van der Waals surface area contributed by atoms with Crippen LogP contribution in [0.5, 0.6) is 5.75 Å². The Morgan fingerprint density at radius 1 is 1.05 bits per heavy atom. The van der Waals surface area contributed by atoms with Gasteiger partial charge in [-0.2, -0.15) is 0 Å². The zero-order valence-electron chi connectivity index (χ0n) is 20.9. The molecule has 0 aliphatic rings. The third-order valence-electron chi connectivity index (χ3n) is 5.00. The molecule has 1 heterocycles. The van der Waals surface area contributed by atoms with E-state index in [1.807, 2.05) is 0 Å². The molecule has 0 bridgehead atoms. The second kappa shape index (κ2) is 11.5. The fourth-order valence-electron chi connectivity index (χ4n) is 3.41. The van der Waals surface area contributed by atoms with Crippen molar-refractivity contribution in [3.8, 4) is 16.9 Å². The van der Waals surface area contributed by atoms with Gasteiger partial charge in [-0.15, -0.1) is 0 Å². The Morgan fingerprint density at radius 2 is 1.76 bits per heavy atom. The second-order valence-corrected chi connectivity index (χ2v) is 11.0. The van der Waals surface area contributed by atoms with Crippen LogP contribution >= 0.6 is 0 Å². The Morgan fingerprint density at radius 3 is 2.35 bits per heavy atom. The third-order valence-corrected chi connectivity index (χ3v) is 6.68. The minimum atomic E-state index is -3.95. The Balaban J connectivity index is 1.96. The minimum absolute atomic E-state index is 0.0401. The van der Waals surface area contributed by atoms with E-state index in [0.29, 0.717) is 11.1 Å². The standard InChI is InChI=1S/C26H28FNO8S/c1-26(2,3)36-25(30)28-12-14-35-23-21(17-11-13-34-15-17)10-5-18(22(23)24(29)33-4)16-37(31,32)20-8-6-19(27)7-9-20/h5-11,13,15H,12,14,16H2,1-4H3,(H,28,30). The van der Waals surface area contributed by atoms with Crippen molar-refractivity contribution in [1.82, 2.24) is 5.32 Å². The number of carbonyl (C=O) groups excluding carboxylic acids is 2. The van der Waals surface area contributed by atoms with E-state index in [1.54, 1.807) is 32.9 Å². The predicted molar refractivity (Wildman–Crippen MR) is 133 cm³/mol. The predicted octanol–water partition coefficient (Wildman–Crippen LogP) is 4.75. The summed E-state index contributed by atoms with van der Waals surface area (Å²) in [7, 11) is -2.79. The first-order chi connectivity index (χ1) is 17.4. The normalized spacial score (nSPS) is 11.6. The summed E-state index contributed by atoms with van der Waals surface area (Å²) in [5, 5.41) is 2.56. The quantitative estimate of drug-likeness (QED) is 0.238. The minimum Gasteiger partial charge on any atom is -0.490 e. The van der Waals surface area contributed by atoms with Gasteiger partial charge in [0.1, 0.15) is 29.3 Å². The molecule has 1 aromatic heterocycles. The number of amides is 1.